The molecule has 4 rings (SSSR count). The molecule has 0 unspecified atom stereocenters. The lowest BCUT2D eigenvalue weighted by Gasteiger charge is -2.36. The second kappa shape index (κ2) is 7.84. The molecule has 1 amide bonds. The van der Waals surface area contributed by atoms with E-state index in [1.807, 2.05) is 41.3 Å². The van der Waals surface area contributed by atoms with Crippen LogP contribution in [-0.2, 0) is 4.79 Å². The highest BCUT2D eigenvalue weighted by molar-refractivity contribution is 5.99. The van der Waals surface area contributed by atoms with Crippen LogP contribution in [0.2, 0.25) is 0 Å². The molecule has 0 radical (unpaired) electrons. The van der Waals surface area contributed by atoms with Crippen LogP contribution in [0.5, 0.6) is 17.2 Å². The van der Waals surface area contributed by atoms with Crippen LogP contribution in [0.4, 0.5) is 5.69 Å². The average Bonchev–Trinajstić information content (AvgIpc) is 2.78. The Labute approximate surface area is 164 Å². The van der Waals surface area contributed by atoms with Crippen LogP contribution < -0.4 is 19.1 Å². The van der Waals surface area contributed by atoms with Gasteiger partial charge in [-0.25, -0.2) is 0 Å². The fourth-order valence-corrected chi connectivity index (χ4v) is 3.57. The summed E-state index contributed by atoms with van der Waals surface area (Å²) in [6.45, 7) is 3.28. The van der Waals surface area contributed by atoms with Gasteiger partial charge in [-0.2, -0.15) is 0 Å². The van der Waals surface area contributed by atoms with Crippen molar-refractivity contribution in [2.75, 3.05) is 51.9 Å². The zero-order valence-electron chi connectivity index (χ0n) is 16.2. The van der Waals surface area contributed by atoms with Gasteiger partial charge in [0.05, 0.1) is 19.8 Å². The topological polar surface area (TPSA) is 51.2 Å². The van der Waals surface area contributed by atoms with Gasteiger partial charge in [0, 0.05) is 37.4 Å². The summed E-state index contributed by atoms with van der Waals surface area (Å²) >= 11 is 0. The Morgan fingerprint density at radius 3 is 2.29 bits per heavy atom. The molecule has 28 heavy (non-hydrogen) atoms. The molecule has 2 aliphatic heterocycles. The van der Waals surface area contributed by atoms with Crippen LogP contribution in [0.15, 0.2) is 48.0 Å². The molecule has 0 N–H and O–H groups in total. The Hall–Kier alpha value is -3.15. The van der Waals surface area contributed by atoms with E-state index in [-0.39, 0.29) is 5.91 Å². The van der Waals surface area contributed by atoms with Crippen LogP contribution in [-0.4, -0.2) is 57.8 Å². The third kappa shape index (κ3) is 3.63. The highest BCUT2D eigenvalue weighted by atomic mass is 16.5. The van der Waals surface area contributed by atoms with Crippen molar-refractivity contribution in [3.05, 3.63) is 53.6 Å². The van der Waals surface area contributed by atoms with E-state index in [4.69, 9.17) is 14.2 Å². The first kappa shape index (κ1) is 18.2. The van der Waals surface area contributed by atoms with Gasteiger partial charge in [0.25, 0.3) is 5.91 Å². The third-order valence-electron chi connectivity index (χ3n) is 5.21. The highest BCUT2D eigenvalue weighted by Crippen LogP contribution is 2.30. The van der Waals surface area contributed by atoms with Crippen LogP contribution in [0, 0.1) is 0 Å². The smallest absolute Gasteiger partial charge is 0.253 e. The van der Waals surface area contributed by atoms with Crippen LogP contribution >= 0.6 is 0 Å². The van der Waals surface area contributed by atoms with Crippen molar-refractivity contribution in [1.29, 1.82) is 0 Å². The number of amides is 1. The zero-order valence-corrected chi connectivity index (χ0v) is 16.2. The Morgan fingerprint density at radius 2 is 1.61 bits per heavy atom. The van der Waals surface area contributed by atoms with Crippen molar-refractivity contribution in [3.63, 3.8) is 0 Å². The van der Waals surface area contributed by atoms with E-state index in [0.29, 0.717) is 25.3 Å². The molecule has 6 heteroatoms. The number of nitrogens with zero attached hydrogens (tertiary/aromatic N) is 2. The van der Waals surface area contributed by atoms with Gasteiger partial charge < -0.3 is 24.0 Å². The summed E-state index contributed by atoms with van der Waals surface area (Å²) in [7, 11) is 3.29. The summed E-state index contributed by atoms with van der Waals surface area (Å²) in [4.78, 5) is 17.1. The Morgan fingerprint density at radius 1 is 0.929 bits per heavy atom. The van der Waals surface area contributed by atoms with E-state index < -0.39 is 0 Å². The van der Waals surface area contributed by atoms with Crippen molar-refractivity contribution in [2.45, 2.75) is 0 Å². The first-order valence-corrected chi connectivity index (χ1v) is 9.37. The molecule has 2 heterocycles. The Kier molecular flexibility index (Phi) is 5.10. The van der Waals surface area contributed by atoms with E-state index in [1.54, 1.807) is 14.2 Å². The number of piperazine rings is 1. The number of fused-ring (bicyclic) bond motifs is 1. The lowest BCUT2D eigenvalue weighted by Crippen LogP contribution is -2.49. The van der Waals surface area contributed by atoms with Gasteiger partial charge >= 0.3 is 0 Å². The molecule has 6 nitrogen and oxygen atoms in total. The molecule has 2 aromatic carbocycles. The first-order valence-electron chi connectivity index (χ1n) is 9.37. The van der Waals surface area contributed by atoms with Crippen LogP contribution in [0.25, 0.3) is 6.08 Å². The van der Waals surface area contributed by atoms with Crippen molar-refractivity contribution >= 4 is 17.7 Å². The van der Waals surface area contributed by atoms with E-state index in [0.717, 1.165) is 41.6 Å². The molecule has 0 spiro atoms. The molecule has 0 bridgehead atoms. The molecular weight excluding hydrogens is 356 g/mol. The van der Waals surface area contributed by atoms with E-state index >= 15 is 0 Å². The van der Waals surface area contributed by atoms with E-state index in [2.05, 4.69) is 17.0 Å². The molecule has 0 atom stereocenters. The molecule has 1 fully saturated rings. The lowest BCUT2D eigenvalue weighted by molar-refractivity contribution is -0.127. The summed E-state index contributed by atoms with van der Waals surface area (Å²) in [5.74, 6) is 2.42. The fraction of sp³-hybridized carbons (Fsp3) is 0.318. The van der Waals surface area contributed by atoms with Crippen molar-refractivity contribution in [3.8, 4) is 17.2 Å². The van der Waals surface area contributed by atoms with Crippen molar-refractivity contribution in [1.82, 2.24) is 4.90 Å². The standard InChI is InChI=1S/C22H24N2O4/c1-26-19-5-3-18(4-6-19)23-9-11-24(12-10-23)22(25)17-13-16-14-20(27-2)7-8-21(16)28-15-17/h3-8,13-14H,9-12,15H2,1-2H3. The van der Waals surface area contributed by atoms with Gasteiger partial charge in [0.15, 0.2) is 0 Å². The predicted molar refractivity (Wildman–Crippen MR) is 108 cm³/mol. The van der Waals surface area contributed by atoms with Crippen LogP contribution in [0.1, 0.15) is 5.56 Å². The number of hydrogen-bond donors (Lipinski definition) is 0. The molecule has 0 aliphatic carbocycles. The molecule has 0 saturated carbocycles. The molecule has 2 aliphatic rings. The van der Waals surface area contributed by atoms with Crippen LogP contribution in [0.3, 0.4) is 0 Å². The minimum Gasteiger partial charge on any atom is -0.497 e. The normalized spacial score (nSPS) is 16.0. The first-order chi connectivity index (χ1) is 13.7. The quantitative estimate of drug-likeness (QED) is 0.816. The SMILES string of the molecule is COc1ccc(N2CCN(C(=O)C3=Cc4cc(OC)ccc4OC3)CC2)cc1. The summed E-state index contributed by atoms with van der Waals surface area (Å²) in [5.41, 5.74) is 2.71. The number of ether oxygens (including phenoxy) is 3. The summed E-state index contributed by atoms with van der Waals surface area (Å²) in [6, 6.07) is 13.7. The molecular formula is C22H24N2O4. The van der Waals surface area contributed by atoms with E-state index in [9.17, 15) is 4.79 Å². The minimum atomic E-state index is 0.0443. The van der Waals surface area contributed by atoms with Gasteiger partial charge in [-0.3, -0.25) is 4.79 Å². The number of carbonyl (C=O) groups excluding carboxylic acids is 1. The number of methoxy groups -OCH3 is 2. The molecule has 2 aromatic rings. The van der Waals surface area contributed by atoms with Gasteiger partial charge in [0.2, 0.25) is 0 Å². The summed E-state index contributed by atoms with van der Waals surface area (Å²) in [5, 5.41) is 0. The largest absolute Gasteiger partial charge is 0.497 e. The Bertz CT molecular complexity index is 884. The highest BCUT2D eigenvalue weighted by Gasteiger charge is 2.26. The van der Waals surface area contributed by atoms with E-state index in [1.165, 1.54) is 0 Å². The molecule has 0 aromatic heterocycles. The maximum atomic E-state index is 13.0. The molecule has 146 valence electrons. The third-order valence-corrected chi connectivity index (χ3v) is 5.21. The van der Waals surface area contributed by atoms with Gasteiger partial charge in [-0.1, -0.05) is 0 Å². The minimum absolute atomic E-state index is 0.0443. The number of anilines is 1. The summed E-state index contributed by atoms with van der Waals surface area (Å²) < 4.78 is 16.2. The number of hydrogen-bond acceptors (Lipinski definition) is 5. The predicted octanol–water partition coefficient (Wildman–Crippen LogP) is 2.83. The number of carbonyl (C=O) groups is 1. The average molecular weight is 380 g/mol. The maximum absolute atomic E-state index is 13.0. The number of benzene rings is 2. The zero-order chi connectivity index (χ0) is 19.5. The second-order valence-corrected chi connectivity index (χ2v) is 6.84. The Balaban J connectivity index is 1.41. The van der Waals surface area contributed by atoms with Crippen molar-refractivity contribution < 1.29 is 19.0 Å². The van der Waals surface area contributed by atoms with Gasteiger partial charge in [-0.15, -0.1) is 0 Å². The molecule has 1 saturated heterocycles. The fourth-order valence-electron chi connectivity index (χ4n) is 3.57. The lowest BCUT2D eigenvalue weighted by atomic mass is 10.1. The second-order valence-electron chi connectivity index (χ2n) is 6.84. The van der Waals surface area contributed by atoms with Crippen molar-refractivity contribution in [2.24, 2.45) is 0 Å². The monoisotopic (exact) mass is 380 g/mol. The van der Waals surface area contributed by atoms with Gasteiger partial charge in [0.1, 0.15) is 23.9 Å². The summed E-state index contributed by atoms with van der Waals surface area (Å²) in [6.07, 6.45) is 1.92. The van der Waals surface area contributed by atoms with Gasteiger partial charge in [-0.05, 0) is 48.5 Å². The number of rotatable bonds is 4. The maximum Gasteiger partial charge on any atom is 0.253 e.